The van der Waals surface area contributed by atoms with Crippen molar-refractivity contribution < 1.29 is 9.84 Å². The first-order chi connectivity index (χ1) is 9.10. The second-order valence-electron chi connectivity index (χ2n) is 4.75. The molecule has 0 unspecified atom stereocenters. The van der Waals surface area contributed by atoms with Crippen LogP contribution in [0.3, 0.4) is 0 Å². The van der Waals surface area contributed by atoms with Crippen molar-refractivity contribution in [2.24, 2.45) is 0 Å². The molecule has 0 aliphatic carbocycles. The summed E-state index contributed by atoms with van der Waals surface area (Å²) >= 11 is 6.12. The Labute approximate surface area is 118 Å². The normalized spacial score (nSPS) is 10.8. The molecule has 19 heavy (non-hydrogen) atoms. The van der Waals surface area contributed by atoms with Gasteiger partial charge >= 0.3 is 0 Å². The first-order valence-corrected chi connectivity index (χ1v) is 6.65. The largest absolute Gasteiger partial charge is 0.456 e. The van der Waals surface area contributed by atoms with E-state index in [9.17, 15) is 0 Å². The average Bonchev–Trinajstić information content (AvgIpc) is 2.41. The van der Waals surface area contributed by atoms with E-state index in [0.29, 0.717) is 16.7 Å². The van der Waals surface area contributed by atoms with Crippen LogP contribution in [0, 0.1) is 0 Å². The molecule has 2 aromatic carbocycles. The highest BCUT2D eigenvalue weighted by Gasteiger charge is 2.06. The number of hydrogen-bond acceptors (Lipinski definition) is 2. The molecule has 0 aromatic heterocycles. The van der Waals surface area contributed by atoms with Crippen LogP contribution in [0.25, 0.3) is 0 Å². The van der Waals surface area contributed by atoms with Crippen molar-refractivity contribution in [3.63, 3.8) is 0 Å². The Hall–Kier alpha value is -1.51. The second-order valence-corrected chi connectivity index (χ2v) is 5.16. The Balaban J connectivity index is 2.23. The molecule has 0 bridgehead atoms. The Morgan fingerprint density at radius 2 is 1.95 bits per heavy atom. The molecule has 0 spiro atoms. The number of rotatable bonds is 4. The molecule has 0 saturated carbocycles. The molecule has 0 heterocycles. The minimum Gasteiger partial charge on any atom is -0.456 e. The van der Waals surface area contributed by atoms with E-state index >= 15 is 0 Å². The van der Waals surface area contributed by atoms with Crippen molar-refractivity contribution in [1.82, 2.24) is 0 Å². The van der Waals surface area contributed by atoms with Gasteiger partial charge in [0.1, 0.15) is 11.5 Å². The standard InChI is InChI=1S/C16H17ClO2/c1-11(2)13-4-3-5-14(9-13)19-16-7-6-12(10-18)8-15(16)17/h3-9,11,18H,10H2,1-2H3. The number of ether oxygens (including phenoxy) is 1. The maximum absolute atomic E-state index is 9.04. The van der Waals surface area contributed by atoms with E-state index in [0.717, 1.165) is 11.3 Å². The van der Waals surface area contributed by atoms with Crippen LogP contribution < -0.4 is 4.74 Å². The predicted molar refractivity (Wildman–Crippen MR) is 78.0 cm³/mol. The van der Waals surface area contributed by atoms with Gasteiger partial charge in [0.05, 0.1) is 11.6 Å². The number of halogens is 1. The fourth-order valence-corrected chi connectivity index (χ4v) is 2.03. The van der Waals surface area contributed by atoms with E-state index in [-0.39, 0.29) is 6.61 Å². The van der Waals surface area contributed by atoms with Gasteiger partial charge in [-0.05, 0) is 41.3 Å². The molecule has 0 amide bonds. The second kappa shape index (κ2) is 6.09. The van der Waals surface area contributed by atoms with Gasteiger partial charge in [-0.2, -0.15) is 0 Å². The lowest BCUT2D eigenvalue weighted by Gasteiger charge is -2.11. The minimum absolute atomic E-state index is 0.0250. The van der Waals surface area contributed by atoms with Crippen molar-refractivity contribution in [3.8, 4) is 11.5 Å². The van der Waals surface area contributed by atoms with Crippen molar-refractivity contribution in [2.75, 3.05) is 0 Å². The summed E-state index contributed by atoms with van der Waals surface area (Å²) in [6, 6.07) is 13.3. The lowest BCUT2D eigenvalue weighted by molar-refractivity contribution is 0.281. The van der Waals surface area contributed by atoms with Crippen LogP contribution in [0.5, 0.6) is 11.5 Å². The highest BCUT2D eigenvalue weighted by atomic mass is 35.5. The summed E-state index contributed by atoms with van der Waals surface area (Å²) in [5.74, 6) is 1.82. The summed E-state index contributed by atoms with van der Waals surface area (Å²) in [7, 11) is 0. The van der Waals surface area contributed by atoms with Gasteiger partial charge in [0.2, 0.25) is 0 Å². The summed E-state index contributed by atoms with van der Waals surface area (Å²) in [4.78, 5) is 0. The van der Waals surface area contributed by atoms with E-state index in [1.807, 2.05) is 18.2 Å². The predicted octanol–water partition coefficient (Wildman–Crippen LogP) is 4.75. The minimum atomic E-state index is -0.0250. The number of aliphatic hydroxyl groups excluding tert-OH is 1. The van der Waals surface area contributed by atoms with Gasteiger partial charge < -0.3 is 9.84 Å². The zero-order valence-corrected chi connectivity index (χ0v) is 11.8. The maximum Gasteiger partial charge on any atom is 0.146 e. The highest BCUT2D eigenvalue weighted by Crippen LogP contribution is 2.31. The molecule has 100 valence electrons. The van der Waals surface area contributed by atoms with Crippen molar-refractivity contribution in [2.45, 2.75) is 26.4 Å². The summed E-state index contributed by atoms with van der Waals surface area (Å²) in [5, 5.41) is 9.54. The quantitative estimate of drug-likeness (QED) is 0.873. The SMILES string of the molecule is CC(C)c1cccc(Oc2ccc(CO)cc2Cl)c1. The van der Waals surface area contributed by atoms with Crippen LogP contribution in [0.2, 0.25) is 5.02 Å². The van der Waals surface area contributed by atoms with Gasteiger partial charge in [-0.15, -0.1) is 0 Å². The smallest absolute Gasteiger partial charge is 0.146 e. The van der Waals surface area contributed by atoms with Crippen molar-refractivity contribution >= 4 is 11.6 Å². The summed E-state index contributed by atoms with van der Waals surface area (Å²) in [6.45, 7) is 4.26. The zero-order valence-electron chi connectivity index (χ0n) is 11.1. The first kappa shape index (κ1) is 13.9. The zero-order chi connectivity index (χ0) is 13.8. The molecule has 0 fully saturated rings. The van der Waals surface area contributed by atoms with Crippen LogP contribution in [0.4, 0.5) is 0 Å². The number of hydrogen-bond donors (Lipinski definition) is 1. The molecule has 2 aromatic rings. The fourth-order valence-electron chi connectivity index (χ4n) is 1.79. The number of aliphatic hydroxyl groups is 1. The van der Waals surface area contributed by atoms with Crippen LogP contribution in [0.1, 0.15) is 30.9 Å². The summed E-state index contributed by atoms with van der Waals surface area (Å²) in [6.07, 6.45) is 0. The summed E-state index contributed by atoms with van der Waals surface area (Å²) < 4.78 is 5.79. The topological polar surface area (TPSA) is 29.5 Å². The van der Waals surface area contributed by atoms with Gasteiger partial charge in [-0.1, -0.05) is 43.6 Å². The third-order valence-electron chi connectivity index (χ3n) is 2.93. The third kappa shape index (κ3) is 3.49. The molecule has 0 aliphatic heterocycles. The Kier molecular flexibility index (Phi) is 4.46. The Morgan fingerprint density at radius 3 is 2.58 bits per heavy atom. The molecule has 0 aliphatic rings. The summed E-state index contributed by atoms with van der Waals surface area (Å²) in [5.41, 5.74) is 1.99. The molecule has 1 N–H and O–H groups in total. The van der Waals surface area contributed by atoms with Gasteiger partial charge in [0.15, 0.2) is 0 Å². The van der Waals surface area contributed by atoms with Gasteiger partial charge in [-0.3, -0.25) is 0 Å². The fraction of sp³-hybridized carbons (Fsp3) is 0.250. The van der Waals surface area contributed by atoms with E-state index in [1.165, 1.54) is 5.56 Å². The highest BCUT2D eigenvalue weighted by molar-refractivity contribution is 6.32. The maximum atomic E-state index is 9.04. The monoisotopic (exact) mass is 276 g/mol. The molecule has 3 heteroatoms. The first-order valence-electron chi connectivity index (χ1n) is 6.27. The molecule has 0 radical (unpaired) electrons. The van der Waals surface area contributed by atoms with Gasteiger partial charge in [0, 0.05) is 0 Å². The molecule has 0 saturated heterocycles. The number of benzene rings is 2. The van der Waals surface area contributed by atoms with Crippen LogP contribution >= 0.6 is 11.6 Å². The Morgan fingerprint density at radius 1 is 1.16 bits per heavy atom. The molecule has 0 atom stereocenters. The lowest BCUT2D eigenvalue weighted by atomic mass is 10.0. The molecule has 2 rings (SSSR count). The Bertz CT molecular complexity index is 564. The van der Waals surface area contributed by atoms with E-state index in [4.69, 9.17) is 21.4 Å². The van der Waals surface area contributed by atoms with Crippen molar-refractivity contribution in [1.29, 1.82) is 0 Å². The van der Waals surface area contributed by atoms with Crippen LogP contribution in [-0.4, -0.2) is 5.11 Å². The van der Waals surface area contributed by atoms with Crippen LogP contribution in [0.15, 0.2) is 42.5 Å². The lowest BCUT2D eigenvalue weighted by Crippen LogP contribution is -1.91. The van der Waals surface area contributed by atoms with Crippen LogP contribution in [-0.2, 0) is 6.61 Å². The van der Waals surface area contributed by atoms with E-state index in [2.05, 4.69) is 19.9 Å². The average molecular weight is 277 g/mol. The van der Waals surface area contributed by atoms with E-state index < -0.39 is 0 Å². The molecular formula is C16H17ClO2. The molecular weight excluding hydrogens is 260 g/mol. The van der Waals surface area contributed by atoms with Crippen molar-refractivity contribution in [3.05, 3.63) is 58.6 Å². The van der Waals surface area contributed by atoms with Gasteiger partial charge in [0.25, 0.3) is 0 Å². The van der Waals surface area contributed by atoms with E-state index in [1.54, 1.807) is 18.2 Å². The third-order valence-corrected chi connectivity index (χ3v) is 3.23. The molecule has 2 nitrogen and oxygen atoms in total. The van der Waals surface area contributed by atoms with Gasteiger partial charge in [-0.25, -0.2) is 0 Å².